The molecule has 0 amide bonds. The lowest BCUT2D eigenvalue weighted by Gasteiger charge is -2.64. The largest absolute Gasteiger partial charge is 0.472 e. The molecule has 0 radical (unpaired) electrons. The minimum absolute atomic E-state index is 0.251. The first-order chi connectivity index (χ1) is 16.3. The van der Waals surface area contributed by atoms with Gasteiger partial charge in [-0.1, -0.05) is 13.8 Å². The number of furan rings is 1. The van der Waals surface area contributed by atoms with E-state index in [1.54, 1.807) is 12.5 Å². The van der Waals surface area contributed by atoms with Crippen LogP contribution in [-0.2, 0) is 16.9 Å². The first kappa shape index (κ1) is 22.8. The molecule has 34 heavy (non-hydrogen) atoms. The Kier molecular flexibility index (Phi) is 5.33. The van der Waals surface area contributed by atoms with E-state index >= 15 is 0 Å². The maximum absolute atomic E-state index is 12.3. The molecule has 6 rings (SSSR count). The van der Waals surface area contributed by atoms with Gasteiger partial charge in [-0.15, -0.1) is 0 Å². The van der Waals surface area contributed by atoms with Gasteiger partial charge in [0.25, 0.3) is 0 Å². The number of nitrogens with zero attached hydrogens (tertiary/aromatic N) is 2. The van der Waals surface area contributed by atoms with Crippen molar-refractivity contribution >= 4 is 0 Å². The highest BCUT2D eigenvalue weighted by Crippen LogP contribution is 2.71. The Morgan fingerprint density at radius 3 is 2.74 bits per heavy atom. The first-order valence-electron chi connectivity index (χ1n) is 13.3. The van der Waals surface area contributed by atoms with E-state index < -0.39 is 16.6 Å². The van der Waals surface area contributed by atoms with Gasteiger partial charge in [0.15, 0.2) is 0 Å². The van der Waals surface area contributed by atoms with Crippen molar-refractivity contribution in [1.29, 1.82) is 0 Å². The Morgan fingerprint density at radius 1 is 1.09 bits per heavy atom. The molecule has 186 valence electrons. The van der Waals surface area contributed by atoms with E-state index in [2.05, 4.69) is 23.4 Å². The Hall–Kier alpha value is -1.63. The molecule has 4 fully saturated rings. The van der Waals surface area contributed by atoms with E-state index in [9.17, 15) is 10.2 Å². The van der Waals surface area contributed by atoms with Crippen LogP contribution in [0.4, 0.5) is 0 Å². The molecule has 0 bridgehead atoms. The Bertz CT molecular complexity index is 992. The Balaban J connectivity index is 1.18. The zero-order chi connectivity index (χ0) is 23.6. The molecule has 0 saturated heterocycles. The monoisotopic (exact) mass is 468 g/mol. The molecule has 2 aromatic rings. The van der Waals surface area contributed by atoms with Crippen molar-refractivity contribution in [2.45, 2.75) is 95.5 Å². The average molecular weight is 469 g/mol. The minimum atomic E-state index is -1.02. The number of fused-ring (bicyclic) bond motifs is 5. The average Bonchev–Trinajstić information content (AvgIpc) is 3.57. The first-order valence-corrected chi connectivity index (χ1v) is 13.3. The van der Waals surface area contributed by atoms with Gasteiger partial charge in [0.1, 0.15) is 5.60 Å². The number of imidazole rings is 1. The van der Waals surface area contributed by atoms with E-state index in [0.29, 0.717) is 30.8 Å². The van der Waals surface area contributed by atoms with Crippen molar-refractivity contribution in [2.24, 2.45) is 28.6 Å². The summed E-state index contributed by atoms with van der Waals surface area (Å²) in [6.45, 7) is 6.23. The molecule has 4 saturated carbocycles. The molecular weight excluding hydrogens is 428 g/mol. The van der Waals surface area contributed by atoms with Crippen LogP contribution in [0.3, 0.4) is 0 Å². The highest BCUT2D eigenvalue weighted by atomic mass is 16.5. The molecule has 2 aromatic heterocycles. The van der Waals surface area contributed by atoms with Crippen LogP contribution in [0, 0.1) is 28.6 Å². The summed E-state index contributed by atoms with van der Waals surface area (Å²) < 4.78 is 13.7. The molecule has 2 heterocycles. The van der Waals surface area contributed by atoms with E-state index in [1.165, 1.54) is 6.42 Å². The predicted molar refractivity (Wildman–Crippen MR) is 128 cm³/mol. The van der Waals surface area contributed by atoms with Crippen molar-refractivity contribution in [3.8, 4) is 0 Å². The van der Waals surface area contributed by atoms with Gasteiger partial charge in [0.2, 0.25) is 0 Å². The summed E-state index contributed by atoms with van der Waals surface area (Å²) in [5, 5.41) is 24.2. The smallest absolute Gasteiger partial charge is 0.101 e. The highest BCUT2D eigenvalue weighted by Gasteiger charge is 2.72. The van der Waals surface area contributed by atoms with Gasteiger partial charge in [-0.25, -0.2) is 4.98 Å². The van der Waals surface area contributed by atoms with Crippen molar-refractivity contribution in [3.63, 3.8) is 0 Å². The molecule has 0 aliphatic heterocycles. The molecule has 8 atom stereocenters. The van der Waals surface area contributed by atoms with Crippen LogP contribution in [0.25, 0.3) is 0 Å². The fourth-order valence-corrected chi connectivity index (χ4v) is 9.06. The highest BCUT2D eigenvalue weighted by molar-refractivity contribution is 5.30. The molecule has 0 unspecified atom stereocenters. The lowest BCUT2D eigenvalue weighted by atomic mass is 9.43. The standard InChI is InChI=1S/C28H40N2O4/c1-25-8-5-22(34-16-14-30-13-12-29-19-30)17-20(25)3-4-24-23(25)6-9-26(2)27(31,10-11-28(24,26)32)21-7-15-33-18-21/h7,12-13,15,18-20,22-24,31-32H,3-6,8-11,14,16-17H2,1-2H3/t20-,22+,23+,24-,25+,26-,27+,28+/m1/s1. The van der Waals surface area contributed by atoms with Crippen LogP contribution in [0.1, 0.15) is 77.2 Å². The van der Waals surface area contributed by atoms with Gasteiger partial charge in [-0.3, -0.25) is 0 Å². The van der Waals surface area contributed by atoms with E-state index in [-0.39, 0.29) is 11.3 Å². The topological polar surface area (TPSA) is 80.7 Å². The quantitative estimate of drug-likeness (QED) is 0.652. The molecule has 4 aliphatic rings. The second kappa shape index (κ2) is 7.94. The zero-order valence-corrected chi connectivity index (χ0v) is 20.7. The van der Waals surface area contributed by atoms with Crippen LogP contribution in [-0.4, -0.2) is 38.1 Å². The van der Waals surface area contributed by atoms with Crippen LogP contribution in [0.15, 0.2) is 41.7 Å². The maximum Gasteiger partial charge on any atom is 0.101 e. The van der Waals surface area contributed by atoms with Crippen molar-refractivity contribution in [3.05, 3.63) is 42.9 Å². The molecule has 6 nitrogen and oxygen atoms in total. The van der Waals surface area contributed by atoms with Crippen molar-refractivity contribution in [2.75, 3.05) is 6.61 Å². The summed E-state index contributed by atoms with van der Waals surface area (Å²) in [6, 6.07) is 1.88. The number of hydrogen-bond donors (Lipinski definition) is 2. The number of rotatable bonds is 5. The van der Waals surface area contributed by atoms with E-state index in [0.717, 1.165) is 57.2 Å². The van der Waals surface area contributed by atoms with Crippen LogP contribution >= 0.6 is 0 Å². The lowest BCUT2D eigenvalue weighted by molar-refractivity contribution is -0.239. The van der Waals surface area contributed by atoms with E-state index in [1.807, 2.05) is 24.8 Å². The molecular formula is C28H40N2O4. The SMILES string of the molecule is C[C@]12CC[C@H](OCCn3ccnc3)C[C@H]1CC[C@@H]1[C@@H]2CC[C@]2(C)[C@@](O)(c3ccoc3)CC[C@]12O. The van der Waals surface area contributed by atoms with Crippen molar-refractivity contribution in [1.82, 2.24) is 9.55 Å². The molecule has 4 aliphatic carbocycles. The fourth-order valence-electron chi connectivity index (χ4n) is 9.06. The third kappa shape index (κ3) is 3.07. The van der Waals surface area contributed by atoms with Gasteiger partial charge in [-0.2, -0.15) is 0 Å². The normalized spacial score (nSPS) is 46.0. The number of aromatic nitrogens is 2. The summed E-state index contributed by atoms with van der Waals surface area (Å²) in [5.41, 5.74) is -1.30. The molecule has 6 heteroatoms. The van der Waals surface area contributed by atoms with Gasteiger partial charge >= 0.3 is 0 Å². The minimum Gasteiger partial charge on any atom is -0.472 e. The second-order valence-electron chi connectivity index (χ2n) is 12.2. The number of ether oxygens (including phenoxy) is 1. The van der Waals surface area contributed by atoms with Crippen LogP contribution in [0.5, 0.6) is 0 Å². The second-order valence-corrected chi connectivity index (χ2v) is 12.2. The summed E-state index contributed by atoms with van der Waals surface area (Å²) in [6.07, 6.45) is 18.2. The third-order valence-electron chi connectivity index (χ3n) is 11.2. The maximum atomic E-state index is 12.3. The fraction of sp³-hybridized carbons (Fsp3) is 0.750. The molecule has 0 aromatic carbocycles. The van der Waals surface area contributed by atoms with Gasteiger partial charge in [0.05, 0.1) is 37.2 Å². The third-order valence-corrected chi connectivity index (χ3v) is 11.2. The Labute approximate surface area is 202 Å². The van der Waals surface area contributed by atoms with Gasteiger partial charge in [0, 0.05) is 29.9 Å². The van der Waals surface area contributed by atoms with Crippen LogP contribution in [0.2, 0.25) is 0 Å². The summed E-state index contributed by atoms with van der Waals surface area (Å²) in [4.78, 5) is 4.11. The van der Waals surface area contributed by atoms with Crippen molar-refractivity contribution < 1.29 is 19.4 Å². The summed E-state index contributed by atoms with van der Waals surface area (Å²) >= 11 is 0. The zero-order valence-electron chi connectivity index (χ0n) is 20.7. The Morgan fingerprint density at radius 2 is 1.97 bits per heavy atom. The summed E-state index contributed by atoms with van der Waals surface area (Å²) in [7, 11) is 0. The molecule has 0 spiro atoms. The van der Waals surface area contributed by atoms with Crippen LogP contribution < -0.4 is 0 Å². The lowest BCUT2D eigenvalue weighted by Crippen LogP contribution is -2.64. The number of hydrogen-bond acceptors (Lipinski definition) is 5. The predicted octanol–water partition coefficient (Wildman–Crippen LogP) is 4.91. The van der Waals surface area contributed by atoms with E-state index in [4.69, 9.17) is 9.15 Å². The van der Waals surface area contributed by atoms with Gasteiger partial charge in [-0.05, 0) is 87.0 Å². The summed E-state index contributed by atoms with van der Waals surface area (Å²) in [5.74, 6) is 1.43. The number of aliphatic hydroxyl groups is 2. The van der Waals surface area contributed by atoms with Gasteiger partial charge < -0.3 is 23.9 Å². The molecule has 2 N–H and O–H groups in total.